The van der Waals surface area contributed by atoms with Crippen LogP contribution in [-0.4, -0.2) is 106 Å². The molecule has 0 radical (unpaired) electrons. The number of ether oxygens (including phenoxy) is 3. The van der Waals surface area contributed by atoms with E-state index in [1.54, 1.807) is 25.3 Å². The summed E-state index contributed by atoms with van der Waals surface area (Å²) in [6.45, 7) is 8.75. The summed E-state index contributed by atoms with van der Waals surface area (Å²) >= 11 is 7.38. The Bertz CT molecular complexity index is 1120. The Morgan fingerprint density at radius 2 is 1.89 bits per heavy atom. The smallest absolute Gasteiger partial charge is 0.303 e. The highest BCUT2D eigenvalue weighted by molar-refractivity contribution is 7.99. The number of alkyl halides is 1. The third kappa shape index (κ3) is 13.2. The summed E-state index contributed by atoms with van der Waals surface area (Å²) in [7, 11) is 0. The van der Waals surface area contributed by atoms with Crippen LogP contribution < -0.4 is 10.6 Å². The van der Waals surface area contributed by atoms with Crippen LogP contribution in [0.5, 0.6) is 0 Å². The average molecular weight is 673 g/mol. The molecule has 0 spiro atoms. The fourth-order valence-corrected chi connectivity index (χ4v) is 5.99. The topological polar surface area (TPSA) is 160 Å². The summed E-state index contributed by atoms with van der Waals surface area (Å²) in [5.41, 5.74) is -0.746. The molecule has 0 unspecified atom stereocenters. The zero-order valence-corrected chi connectivity index (χ0v) is 28.6. The molecule has 0 aliphatic carbocycles. The lowest BCUT2D eigenvalue weighted by atomic mass is 9.84. The van der Waals surface area contributed by atoms with Crippen molar-refractivity contribution in [3.8, 4) is 0 Å². The van der Waals surface area contributed by atoms with Gasteiger partial charge in [0.1, 0.15) is 23.9 Å². The van der Waals surface area contributed by atoms with Crippen LogP contribution in [-0.2, 0) is 33.4 Å². The largest absolute Gasteiger partial charge is 0.459 e. The van der Waals surface area contributed by atoms with Gasteiger partial charge in [-0.1, -0.05) is 30.7 Å². The van der Waals surface area contributed by atoms with E-state index in [9.17, 15) is 29.4 Å². The summed E-state index contributed by atoms with van der Waals surface area (Å²) < 4.78 is 17.2. The number of aliphatic hydroxyl groups excluding tert-OH is 1. The second-order valence-electron chi connectivity index (χ2n) is 12.0. The highest BCUT2D eigenvalue weighted by Gasteiger charge is 2.47. The van der Waals surface area contributed by atoms with Crippen molar-refractivity contribution in [3.63, 3.8) is 0 Å². The molecule has 0 saturated carbocycles. The van der Waals surface area contributed by atoms with E-state index in [-0.39, 0.29) is 72.8 Å². The Morgan fingerprint density at radius 1 is 1.18 bits per heavy atom. The normalized spacial score (nSPS) is 31.5. The highest BCUT2D eigenvalue weighted by Crippen LogP contribution is 2.33. The van der Waals surface area contributed by atoms with Crippen molar-refractivity contribution >= 4 is 46.9 Å². The van der Waals surface area contributed by atoms with Gasteiger partial charge in [-0.05, 0) is 51.9 Å². The molecule has 2 amide bonds. The number of ketones is 1. The predicted molar refractivity (Wildman–Crippen MR) is 174 cm³/mol. The van der Waals surface area contributed by atoms with Crippen LogP contribution in [0.15, 0.2) is 36.0 Å². The minimum absolute atomic E-state index is 0.0123. The molecule has 2 saturated heterocycles. The number of esters is 1. The number of rotatable bonds is 15. The van der Waals surface area contributed by atoms with Gasteiger partial charge >= 0.3 is 5.97 Å². The first kappa shape index (κ1) is 39.0. The maximum atomic E-state index is 12.5. The molecule has 254 valence electrons. The number of allylic oxidation sites excluding steroid dienone is 2. The molecule has 2 rings (SSSR count). The second-order valence-corrected chi connectivity index (χ2v) is 13.1. The number of carbonyl (C=O) groups is 4. The highest BCUT2D eigenvalue weighted by atomic mass is 35.5. The van der Waals surface area contributed by atoms with Crippen molar-refractivity contribution in [1.82, 2.24) is 10.6 Å². The standard InChI is InChI=1S/C32H49ClN2O9S/c1-19(7-10-27-20(2)13-26(22(4)43-27)35-29(38)12-9-21(3)42-23(5)36)8-11-28-31(40)32(41,18-33)15-25(44-28)14-24(37)16-34-30(39)17-45-6/h7-9,11-12,20-22,25-28,31,40-41H,10,13-18H2,1-6H3,(H,34,39)(H,35,38)/b11-8+,12-9-,19-7+/t20-,21-,22+,25+,26+,27-,28+,31+,32+/m0/s1. The molecule has 2 fully saturated rings. The Hall–Kier alpha value is -2.22. The van der Waals surface area contributed by atoms with Gasteiger partial charge in [-0.15, -0.1) is 11.6 Å². The lowest BCUT2D eigenvalue weighted by Gasteiger charge is -2.43. The van der Waals surface area contributed by atoms with Gasteiger partial charge in [0.2, 0.25) is 11.8 Å². The van der Waals surface area contributed by atoms with Gasteiger partial charge < -0.3 is 35.1 Å². The summed E-state index contributed by atoms with van der Waals surface area (Å²) in [4.78, 5) is 47.6. The first-order chi connectivity index (χ1) is 21.2. The van der Waals surface area contributed by atoms with Crippen molar-refractivity contribution in [2.45, 2.75) is 109 Å². The summed E-state index contributed by atoms with van der Waals surface area (Å²) in [6.07, 6.45) is 7.81. The number of halogens is 1. The Labute approximate surface area is 275 Å². The first-order valence-electron chi connectivity index (χ1n) is 15.2. The van der Waals surface area contributed by atoms with Crippen LogP contribution in [0.25, 0.3) is 0 Å². The van der Waals surface area contributed by atoms with E-state index in [0.717, 1.165) is 12.0 Å². The zero-order valence-electron chi connectivity index (χ0n) is 27.0. The minimum atomic E-state index is -1.64. The number of hydrogen-bond acceptors (Lipinski definition) is 10. The monoisotopic (exact) mass is 672 g/mol. The molecular weight excluding hydrogens is 624 g/mol. The Morgan fingerprint density at radius 3 is 2.53 bits per heavy atom. The van der Waals surface area contributed by atoms with Crippen LogP contribution >= 0.6 is 23.4 Å². The molecule has 4 N–H and O–H groups in total. The maximum Gasteiger partial charge on any atom is 0.303 e. The molecule has 0 aromatic heterocycles. The van der Waals surface area contributed by atoms with Crippen molar-refractivity contribution in [3.05, 3.63) is 36.0 Å². The van der Waals surface area contributed by atoms with E-state index in [4.69, 9.17) is 25.8 Å². The van der Waals surface area contributed by atoms with Crippen LogP contribution in [0, 0.1) is 5.92 Å². The molecule has 0 aromatic rings. The van der Waals surface area contributed by atoms with Gasteiger partial charge in [0.05, 0.1) is 42.5 Å². The summed E-state index contributed by atoms with van der Waals surface area (Å²) in [5, 5.41) is 27.3. The summed E-state index contributed by atoms with van der Waals surface area (Å²) in [5.74, 6) is -0.984. The molecule has 0 bridgehead atoms. The minimum Gasteiger partial charge on any atom is -0.459 e. The van der Waals surface area contributed by atoms with Gasteiger partial charge in [0, 0.05) is 25.8 Å². The third-order valence-corrected chi connectivity index (χ3v) is 8.89. The van der Waals surface area contributed by atoms with Crippen LogP contribution in [0.1, 0.15) is 60.3 Å². The Kier molecular flexibility index (Phi) is 16.3. The van der Waals surface area contributed by atoms with Crippen LogP contribution in [0.2, 0.25) is 0 Å². The lowest BCUT2D eigenvalue weighted by Crippen LogP contribution is -2.58. The van der Waals surface area contributed by atoms with Crippen molar-refractivity contribution < 1.29 is 43.6 Å². The van der Waals surface area contributed by atoms with E-state index in [2.05, 4.69) is 17.6 Å². The van der Waals surface area contributed by atoms with E-state index in [1.165, 1.54) is 30.8 Å². The van der Waals surface area contributed by atoms with E-state index < -0.39 is 36.0 Å². The number of aliphatic hydroxyl groups is 2. The first-order valence-corrected chi connectivity index (χ1v) is 17.2. The number of nitrogens with one attached hydrogen (secondary N) is 2. The predicted octanol–water partition coefficient (Wildman–Crippen LogP) is 2.61. The fraction of sp³-hybridized carbons (Fsp3) is 0.688. The van der Waals surface area contributed by atoms with E-state index in [0.29, 0.717) is 6.42 Å². The summed E-state index contributed by atoms with van der Waals surface area (Å²) in [6, 6.07) is -0.167. The van der Waals surface area contributed by atoms with Gasteiger partial charge in [-0.3, -0.25) is 19.2 Å². The molecular formula is C32H49ClN2O9S. The molecule has 11 nitrogen and oxygen atoms in total. The maximum absolute atomic E-state index is 12.5. The number of carbonyl (C=O) groups excluding carboxylic acids is 4. The Balaban J connectivity index is 1.94. The molecule has 2 aliphatic heterocycles. The molecule has 0 aromatic carbocycles. The third-order valence-electron chi connectivity index (χ3n) is 7.87. The van der Waals surface area contributed by atoms with Crippen molar-refractivity contribution in [2.24, 2.45) is 5.92 Å². The molecule has 2 aliphatic rings. The SMILES string of the molecule is CSCC(=O)NCC(=O)C[C@@H]1C[C@@](O)(CCl)[C@H](O)[C@@H](/C=C/C(C)=C/C[C@@H]2O[C@H](C)[C@H](NC(=O)/C=C\[C@H](C)OC(C)=O)C[C@@H]2C)O1. The van der Waals surface area contributed by atoms with Crippen LogP contribution in [0.4, 0.5) is 0 Å². The number of amides is 2. The van der Waals surface area contributed by atoms with Gasteiger partial charge in [0.25, 0.3) is 0 Å². The van der Waals surface area contributed by atoms with Crippen LogP contribution in [0.3, 0.4) is 0 Å². The molecule has 2 heterocycles. The zero-order chi connectivity index (χ0) is 33.7. The lowest BCUT2D eigenvalue weighted by molar-refractivity contribution is -0.194. The number of hydrogen-bond donors (Lipinski definition) is 4. The van der Waals surface area contributed by atoms with E-state index >= 15 is 0 Å². The van der Waals surface area contributed by atoms with Gasteiger partial charge in [0.15, 0.2) is 5.78 Å². The van der Waals surface area contributed by atoms with Gasteiger partial charge in [-0.2, -0.15) is 11.8 Å². The van der Waals surface area contributed by atoms with Crippen molar-refractivity contribution in [2.75, 3.05) is 24.4 Å². The van der Waals surface area contributed by atoms with Gasteiger partial charge in [-0.25, -0.2) is 0 Å². The molecule has 45 heavy (non-hydrogen) atoms. The molecule has 9 atom stereocenters. The number of thioether (sulfide) groups is 1. The second kappa shape index (κ2) is 18.8. The average Bonchev–Trinajstić information content (AvgIpc) is 2.96. The molecule has 13 heteroatoms. The quantitative estimate of drug-likeness (QED) is 0.0881. The van der Waals surface area contributed by atoms with Crippen molar-refractivity contribution in [1.29, 1.82) is 0 Å². The fourth-order valence-electron chi connectivity index (χ4n) is 5.36. The van der Waals surface area contributed by atoms with E-state index in [1.807, 2.05) is 19.9 Å². The number of Topliss-reactive ketones (excluding diaryl/α,β-unsaturated/α-hetero) is 1.